The van der Waals surface area contributed by atoms with Crippen molar-refractivity contribution >= 4 is 18.3 Å². The van der Waals surface area contributed by atoms with E-state index in [1.807, 2.05) is 0 Å². The van der Waals surface area contributed by atoms with Gasteiger partial charge in [0, 0.05) is 0 Å². The number of fused-ring (bicyclic) bond motifs is 1. The molecule has 7 heteroatoms. The lowest BCUT2D eigenvalue weighted by Gasteiger charge is -2.24. The molecule has 2 rings (SSSR count). The van der Waals surface area contributed by atoms with Gasteiger partial charge in [-0.1, -0.05) is 0 Å². The number of allylic oxidation sites excluding steroid dienone is 1. The fraction of sp³-hybridized carbons (Fsp3) is 0.286. The highest BCUT2D eigenvalue weighted by Crippen LogP contribution is 2.24. The molecule has 0 unspecified atom stereocenters. The Kier molecular flexibility index (Phi) is 2.44. The second-order valence-electron chi connectivity index (χ2n) is 2.77. The summed E-state index contributed by atoms with van der Waals surface area (Å²) in [6.07, 6.45) is 3.09. The number of hydrogen-bond donors (Lipinski definition) is 3. The first kappa shape index (κ1) is 9.50. The van der Waals surface area contributed by atoms with Crippen molar-refractivity contribution in [2.75, 3.05) is 13.4 Å². The van der Waals surface area contributed by atoms with E-state index >= 15 is 0 Å². The molecule has 0 aromatic carbocycles. The van der Waals surface area contributed by atoms with Crippen LogP contribution in [0.2, 0.25) is 0 Å². The van der Waals surface area contributed by atoms with Crippen molar-refractivity contribution in [3.63, 3.8) is 0 Å². The summed E-state index contributed by atoms with van der Waals surface area (Å²) in [5.41, 5.74) is 3.11. The van der Waals surface area contributed by atoms with Crippen molar-refractivity contribution in [3.8, 4) is 0 Å². The third-order valence-corrected chi connectivity index (χ3v) is 2.13. The van der Waals surface area contributed by atoms with Crippen LogP contribution in [0.1, 0.15) is 0 Å². The molecule has 0 spiro atoms. The molecule has 0 saturated heterocycles. The number of hydrogen-bond acceptors (Lipinski definition) is 6. The van der Waals surface area contributed by atoms with Gasteiger partial charge in [0.15, 0.2) is 5.82 Å². The lowest BCUT2D eigenvalue weighted by molar-refractivity contribution is 0.0681. The van der Waals surface area contributed by atoms with E-state index in [1.165, 1.54) is 11.1 Å². The van der Waals surface area contributed by atoms with Gasteiger partial charge in [0.25, 0.3) is 0 Å². The molecule has 76 valence electrons. The molecule has 0 aromatic heterocycles. The van der Waals surface area contributed by atoms with E-state index in [9.17, 15) is 4.39 Å². The highest BCUT2D eigenvalue weighted by Gasteiger charge is 2.25. The monoisotopic (exact) mass is 216 g/mol. The van der Waals surface area contributed by atoms with Crippen molar-refractivity contribution in [3.05, 3.63) is 23.1 Å². The maximum atomic E-state index is 12.3. The number of thiol groups is 1. The maximum Gasteiger partial charge on any atom is 0.167 e. The van der Waals surface area contributed by atoms with Gasteiger partial charge in [-0.05, 0) is 6.08 Å². The van der Waals surface area contributed by atoms with E-state index in [1.54, 1.807) is 11.2 Å². The van der Waals surface area contributed by atoms with Crippen LogP contribution >= 0.6 is 12.6 Å². The van der Waals surface area contributed by atoms with Crippen LogP contribution in [0.4, 0.5) is 4.39 Å². The van der Waals surface area contributed by atoms with Crippen molar-refractivity contribution < 1.29 is 9.50 Å². The van der Waals surface area contributed by atoms with Crippen LogP contribution in [0, 0.1) is 0 Å². The summed E-state index contributed by atoms with van der Waals surface area (Å²) >= 11 is 4.16. The Morgan fingerprint density at radius 3 is 3.07 bits per heavy atom. The van der Waals surface area contributed by atoms with Crippen molar-refractivity contribution in [1.29, 1.82) is 0 Å². The van der Waals surface area contributed by atoms with Crippen LogP contribution < -0.4 is 5.53 Å². The zero-order chi connectivity index (χ0) is 10.1. The molecule has 5 nitrogen and oxygen atoms in total. The summed E-state index contributed by atoms with van der Waals surface area (Å²) in [6.45, 7) is -0.824. The lowest BCUT2D eigenvalue weighted by Crippen LogP contribution is -2.40. The van der Waals surface area contributed by atoms with E-state index in [4.69, 9.17) is 5.11 Å². The maximum absolute atomic E-state index is 12.3. The van der Waals surface area contributed by atoms with E-state index in [0.717, 1.165) is 0 Å². The van der Waals surface area contributed by atoms with Gasteiger partial charge < -0.3 is 5.11 Å². The summed E-state index contributed by atoms with van der Waals surface area (Å²) in [6, 6.07) is 0. The van der Waals surface area contributed by atoms with Crippen LogP contribution in [0.15, 0.2) is 28.1 Å². The van der Waals surface area contributed by atoms with Crippen LogP contribution in [0.25, 0.3) is 0 Å². The second-order valence-corrected chi connectivity index (χ2v) is 3.23. The standard InChI is InChI=1S/C7H9FN4OS/c8-2-5-1-7(14)12-6(9-5)3-11(4-13)10-12/h1,3,10,13-14H,2,4H2. The van der Waals surface area contributed by atoms with E-state index < -0.39 is 6.67 Å². The summed E-state index contributed by atoms with van der Waals surface area (Å²) in [7, 11) is 0. The average Bonchev–Trinajstić information content (AvgIpc) is 2.61. The molecule has 0 radical (unpaired) electrons. The fourth-order valence-electron chi connectivity index (χ4n) is 1.19. The van der Waals surface area contributed by atoms with Crippen LogP contribution in [-0.4, -0.2) is 34.2 Å². The molecule has 0 saturated carbocycles. The highest BCUT2D eigenvalue weighted by molar-refractivity contribution is 7.84. The van der Waals surface area contributed by atoms with Gasteiger partial charge in [-0.2, -0.15) is 0 Å². The van der Waals surface area contributed by atoms with Gasteiger partial charge in [0.2, 0.25) is 0 Å². The minimum atomic E-state index is -0.631. The first-order valence-electron chi connectivity index (χ1n) is 3.94. The molecule has 0 aromatic rings. The predicted octanol–water partition coefficient (Wildman–Crippen LogP) is -0.0324. The third-order valence-electron chi connectivity index (χ3n) is 1.80. The Balaban J connectivity index is 2.27. The topological polar surface area (TPSA) is 51.1 Å². The largest absolute Gasteiger partial charge is 0.375 e. The number of alkyl halides is 1. The Labute approximate surface area is 85.6 Å². The van der Waals surface area contributed by atoms with Gasteiger partial charge in [-0.25, -0.2) is 14.4 Å². The number of nitrogens with one attached hydrogen (secondary N) is 1. The summed E-state index contributed by atoms with van der Waals surface area (Å²) in [4.78, 5) is 4.00. The predicted molar refractivity (Wildman–Crippen MR) is 52.5 cm³/mol. The molecular formula is C7H9FN4OS. The Bertz CT molecular complexity index is 341. The number of rotatable bonds is 2. The first-order chi connectivity index (χ1) is 6.74. The zero-order valence-corrected chi connectivity index (χ0v) is 8.08. The van der Waals surface area contributed by atoms with Crippen molar-refractivity contribution in [1.82, 2.24) is 15.6 Å². The van der Waals surface area contributed by atoms with Gasteiger partial charge in [-0.15, -0.1) is 18.2 Å². The molecule has 2 N–H and O–H groups in total. The Morgan fingerprint density at radius 1 is 1.64 bits per heavy atom. The minimum Gasteiger partial charge on any atom is -0.375 e. The fourth-order valence-corrected chi connectivity index (χ4v) is 1.48. The summed E-state index contributed by atoms with van der Waals surface area (Å²) < 4.78 is 12.3. The number of halogens is 1. The van der Waals surface area contributed by atoms with Gasteiger partial charge >= 0.3 is 0 Å². The first-order valence-corrected chi connectivity index (χ1v) is 4.39. The number of nitrogens with zero attached hydrogens (tertiary/aromatic N) is 3. The van der Waals surface area contributed by atoms with E-state index in [-0.39, 0.29) is 6.73 Å². The van der Waals surface area contributed by atoms with Gasteiger partial charge in [0.05, 0.1) is 16.9 Å². The van der Waals surface area contributed by atoms with E-state index in [2.05, 4.69) is 23.2 Å². The Hall–Kier alpha value is -1.05. The number of aliphatic hydroxyl groups excluding tert-OH is 1. The average molecular weight is 216 g/mol. The van der Waals surface area contributed by atoms with Crippen molar-refractivity contribution in [2.24, 2.45) is 4.99 Å². The van der Waals surface area contributed by atoms with E-state index in [0.29, 0.717) is 16.6 Å². The quantitative estimate of drug-likeness (QED) is 0.567. The molecule has 2 aliphatic rings. The van der Waals surface area contributed by atoms with Crippen LogP contribution in [0.5, 0.6) is 0 Å². The molecule has 0 bridgehead atoms. The van der Waals surface area contributed by atoms with Gasteiger partial charge in [0.1, 0.15) is 13.4 Å². The number of aliphatic imine (C=N–C) groups is 1. The molecule has 0 atom stereocenters. The van der Waals surface area contributed by atoms with Crippen LogP contribution in [0.3, 0.4) is 0 Å². The lowest BCUT2D eigenvalue weighted by atomic mass is 10.3. The number of hydrazine groups is 2. The normalized spacial score (nSPS) is 20.4. The Morgan fingerprint density at radius 2 is 2.43 bits per heavy atom. The molecule has 0 fully saturated rings. The number of aliphatic hydroxyl groups is 1. The molecule has 0 amide bonds. The molecular weight excluding hydrogens is 207 g/mol. The SMILES string of the molecule is OCN1C=C2N=C(CF)C=C(S)N2N1. The summed E-state index contributed by atoms with van der Waals surface area (Å²) in [5, 5.41) is 12.3. The summed E-state index contributed by atoms with van der Waals surface area (Å²) in [5.74, 6) is 0.513. The highest BCUT2D eigenvalue weighted by atomic mass is 32.1. The van der Waals surface area contributed by atoms with Crippen molar-refractivity contribution in [2.45, 2.75) is 0 Å². The zero-order valence-electron chi connectivity index (χ0n) is 7.18. The second kappa shape index (κ2) is 3.60. The third kappa shape index (κ3) is 1.49. The van der Waals surface area contributed by atoms with Gasteiger partial charge in [-0.3, -0.25) is 5.01 Å². The minimum absolute atomic E-state index is 0.193. The molecule has 0 aliphatic carbocycles. The smallest absolute Gasteiger partial charge is 0.167 e. The van der Waals surface area contributed by atoms with Crippen LogP contribution in [-0.2, 0) is 0 Å². The molecule has 14 heavy (non-hydrogen) atoms. The molecule has 2 aliphatic heterocycles. The molecule has 2 heterocycles.